The lowest BCUT2D eigenvalue weighted by Crippen LogP contribution is -2.48. The smallest absolute Gasteiger partial charge is 0.320 e. The van der Waals surface area contributed by atoms with Gasteiger partial charge >= 0.3 is 5.97 Å². The van der Waals surface area contributed by atoms with E-state index in [1.165, 1.54) is 12.4 Å². The molecule has 206 valence electrons. The molecule has 0 saturated carbocycles. The van der Waals surface area contributed by atoms with Gasteiger partial charge in [-0.2, -0.15) is 0 Å². The summed E-state index contributed by atoms with van der Waals surface area (Å²) in [6, 6.07) is 10.9. The molecule has 1 saturated heterocycles. The van der Waals surface area contributed by atoms with Crippen molar-refractivity contribution < 1.29 is 19.1 Å². The minimum Gasteiger partial charge on any atom is -0.494 e. The fourth-order valence-corrected chi connectivity index (χ4v) is 4.44. The second-order valence-electron chi connectivity index (χ2n) is 9.43. The number of hydrogen-bond acceptors (Lipinski definition) is 9. The lowest BCUT2D eigenvalue weighted by atomic mass is 10.1. The number of ether oxygens (including phenoxy) is 2. The molecule has 0 aliphatic carbocycles. The van der Waals surface area contributed by atoms with E-state index in [1.807, 2.05) is 32.1 Å². The van der Waals surface area contributed by atoms with Crippen molar-refractivity contribution in [2.45, 2.75) is 20.0 Å². The van der Waals surface area contributed by atoms with Crippen LogP contribution in [-0.4, -0.2) is 84.1 Å². The molecule has 0 unspecified atom stereocenters. The molecule has 39 heavy (non-hydrogen) atoms. The molecular weight excluding hydrogens is 520 g/mol. The molecule has 2 heterocycles. The number of hydrogen-bond donors (Lipinski definition) is 2. The maximum atomic E-state index is 12.7. The fraction of sp³-hybridized carbons (Fsp3) is 0.357. The number of benzene rings is 2. The first-order valence-electron chi connectivity index (χ1n) is 12.8. The first kappa shape index (κ1) is 28.3. The second-order valence-corrected chi connectivity index (χ2v) is 9.87. The number of fused-ring (bicyclic) bond motifs is 1. The Labute approximate surface area is 232 Å². The Morgan fingerprint density at radius 2 is 1.87 bits per heavy atom. The van der Waals surface area contributed by atoms with Crippen LogP contribution in [0.1, 0.15) is 13.8 Å². The first-order chi connectivity index (χ1) is 18.8. The van der Waals surface area contributed by atoms with Gasteiger partial charge in [0.1, 0.15) is 17.9 Å². The normalized spacial score (nSPS) is 14.6. The fourth-order valence-electron chi connectivity index (χ4n) is 4.25. The minimum absolute atomic E-state index is 0.106. The number of halogens is 1. The lowest BCUT2D eigenvalue weighted by molar-refractivity contribution is -0.149. The third-order valence-electron chi connectivity index (χ3n) is 6.12. The van der Waals surface area contributed by atoms with E-state index in [4.69, 9.17) is 21.1 Å². The molecule has 11 heteroatoms. The molecule has 1 aliphatic heterocycles. The van der Waals surface area contributed by atoms with E-state index in [-0.39, 0.29) is 18.0 Å². The van der Waals surface area contributed by atoms with E-state index in [2.05, 4.69) is 30.4 Å². The highest BCUT2D eigenvalue weighted by molar-refractivity contribution is 6.30. The van der Waals surface area contributed by atoms with Crippen molar-refractivity contribution in [2.24, 2.45) is 0 Å². The summed E-state index contributed by atoms with van der Waals surface area (Å²) >= 11 is 6.12. The van der Waals surface area contributed by atoms with Crippen molar-refractivity contribution in [1.29, 1.82) is 0 Å². The summed E-state index contributed by atoms with van der Waals surface area (Å²) in [4.78, 5) is 37.7. The van der Waals surface area contributed by atoms with Crippen molar-refractivity contribution in [2.75, 3.05) is 57.0 Å². The molecule has 0 atom stereocenters. The zero-order valence-corrected chi connectivity index (χ0v) is 23.1. The number of amides is 1. The summed E-state index contributed by atoms with van der Waals surface area (Å²) in [5.41, 5.74) is 1.95. The van der Waals surface area contributed by atoms with E-state index >= 15 is 0 Å². The van der Waals surface area contributed by atoms with Crippen LogP contribution < -0.4 is 15.4 Å². The lowest BCUT2D eigenvalue weighted by Gasteiger charge is -2.33. The number of carbonyl (C=O) groups excluding carboxylic acids is 2. The van der Waals surface area contributed by atoms with Crippen molar-refractivity contribution >= 4 is 51.6 Å². The van der Waals surface area contributed by atoms with Crippen LogP contribution in [0.15, 0.2) is 54.9 Å². The number of rotatable bonds is 10. The Balaban J connectivity index is 1.36. The number of piperazine rings is 1. The van der Waals surface area contributed by atoms with Crippen LogP contribution in [-0.2, 0) is 14.3 Å². The Morgan fingerprint density at radius 3 is 2.59 bits per heavy atom. The number of nitrogens with one attached hydrogen (secondary N) is 2. The van der Waals surface area contributed by atoms with Crippen LogP contribution in [0.2, 0.25) is 5.02 Å². The summed E-state index contributed by atoms with van der Waals surface area (Å²) in [7, 11) is 1.54. The molecule has 1 aliphatic rings. The Bertz CT molecular complexity index is 1340. The zero-order valence-electron chi connectivity index (χ0n) is 22.3. The summed E-state index contributed by atoms with van der Waals surface area (Å²) in [6.45, 7) is 7.79. The molecule has 10 nitrogen and oxygen atoms in total. The van der Waals surface area contributed by atoms with Gasteiger partial charge in [0.25, 0.3) is 0 Å². The van der Waals surface area contributed by atoms with E-state index in [0.717, 1.165) is 31.9 Å². The number of carbonyl (C=O) groups is 2. The van der Waals surface area contributed by atoms with Crippen LogP contribution in [0.5, 0.6) is 5.75 Å². The number of anilines is 3. The molecule has 1 fully saturated rings. The largest absolute Gasteiger partial charge is 0.494 e. The molecule has 0 radical (unpaired) electrons. The molecule has 0 bridgehead atoms. The van der Waals surface area contributed by atoms with Crippen LogP contribution in [0.3, 0.4) is 0 Å². The Hall–Kier alpha value is -3.73. The van der Waals surface area contributed by atoms with Crippen LogP contribution in [0.25, 0.3) is 10.9 Å². The van der Waals surface area contributed by atoms with Crippen molar-refractivity contribution in [3.05, 3.63) is 59.9 Å². The predicted molar refractivity (Wildman–Crippen MR) is 153 cm³/mol. The van der Waals surface area contributed by atoms with Crippen LogP contribution in [0.4, 0.5) is 17.2 Å². The zero-order chi connectivity index (χ0) is 27.8. The summed E-state index contributed by atoms with van der Waals surface area (Å²) in [5, 5.41) is 7.48. The quantitative estimate of drug-likeness (QED) is 0.284. The van der Waals surface area contributed by atoms with Gasteiger partial charge in [0.05, 0.1) is 31.0 Å². The highest BCUT2D eigenvalue weighted by Crippen LogP contribution is 2.33. The minimum atomic E-state index is -0.274. The average Bonchev–Trinajstić information content (AvgIpc) is 2.89. The van der Waals surface area contributed by atoms with E-state index < -0.39 is 0 Å². The monoisotopic (exact) mass is 552 g/mol. The van der Waals surface area contributed by atoms with Crippen molar-refractivity contribution in [1.82, 2.24) is 19.8 Å². The average molecular weight is 553 g/mol. The molecule has 1 aromatic heterocycles. The van der Waals surface area contributed by atoms with Crippen LogP contribution in [0, 0.1) is 0 Å². The Morgan fingerprint density at radius 1 is 1.10 bits per heavy atom. The maximum Gasteiger partial charge on any atom is 0.320 e. The first-order valence-corrected chi connectivity index (χ1v) is 13.2. The van der Waals surface area contributed by atoms with Gasteiger partial charge in [-0.3, -0.25) is 19.4 Å². The number of methoxy groups -OCH3 is 1. The number of esters is 1. The molecule has 2 N–H and O–H groups in total. The second kappa shape index (κ2) is 13.4. The summed E-state index contributed by atoms with van der Waals surface area (Å²) in [5.74, 6) is 0.596. The van der Waals surface area contributed by atoms with E-state index in [0.29, 0.717) is 46.3 Å². The number of aromatic nitrogens is 2. The molecule has 3 aromatic rings. The van der Waals surface area contributed by atoms with Gasteiger partial charge in [0.15, 0.2) is 0 Å². The van der Waals surface area contributed by atoms with Gasteiger partial charge in [-0.25, -0.2) is 9.97 Å². The maximum absolute atomic E-state index is 12.7. The van der Waals surface area contributed by atoms with E-state index in [1.54, 1.807) is 31.4 Å². The third-order valence-corrected chi connectivity index (χ3v) is 6.35. The Kier molecular flexibility index (Phi) is 9.69. The van der Waals surface area contributed by atoms with Crippen LogP contribution >= 0.6 is 11.6 Å². The molecule has 4 rings (SSSR count). The molecule has 2 aromatic carbocycles. The van der Waals surface area contributed by atoms with Gasteiger partial charge in [0, 0.05) is 61.0 Å². The molecule has 1 amide bonds. The van der Waals surface area contributed by atoms with E-state index in [9.17, 15) is 9.59 Å². The topological polar surface area (TPSA) is 109 Å². The highest BCUT2D eigenvalue weighted by atomic mass is 35.5. The predicted octanol–water partition coefficient (Wildman–Crippen LogP) is 4.10. The summed E-state index contributed by atoms with van der Waals surface area (Å²) < 4.78 is 10.7. The van der Waals surface area contributed by atoms with Crippen molar-refractivity contribution in [3.63, 3.8) is 0 Å². The van der Waals surface area contributed by atoms with Gasteiger partial charge < -0.3 is 20.1 Å². The molecule has 0 spiro atoms. The van der Waals surface area contributed by atoms with Gasteiger partial charge in [-0.1, -0.05) is 23.7 Å². The highest BCUT2D eigenvalue weighted by Gasteiger charge is 2.19. The third kappa shape index (κ3) is 8.13. The summed E-state index contributed by atoms with van der Waals surface area (Å²) in [6.07, 6.45) is 4.71. The van der Waals surface area contributed by atoms with Gasteiger partial charge in [-0.15, -0.1) is 0 Å². The van der Waals surface area contributed by atoms with Gasteiger partial charge in [-0.05, 0) is 38.1 Å². The standard InChI is InChI=1S/C28H33ClN6O4/c1-19(2)39-27(37)17-35-12-10-34(11-13-35)9-5-8-26(36)33-24-15-22-23(16-25(24)38-3)30-18-31-28(22)32-21-7-4-6-20(29)14-21/h4-8,14-16,18-19H,9-13,17H2,1-3H3,(H,33,36)(H,30,31,32). The molecular formula is C28H33ClN6O4. The van der Waals surface area contributed by atoms with Crippen molar-refractivity contribution in [3.8, 4) is 5.75 Å². The van der Waals surface area contributed by atoms with Gasteiger partial charge in [0.2, 0.25) is 5.91 Å². The SMILES string of the molecule is COc1cc2ncnc(Nc3cccc(Cl)c3)c2cc1NC(=O)C=CCN1CCN(CC(=O)OC(C)C)CC1. The number of nitrogens with zero attached hydrogens (tertiary/aromatic N) is 4.